The first-order valence-corrected chi connectivity index (χ1v) is 8.03. The maximum Gasteiger partial charge on any atom is 0.347 e. The number of aromatic nitrogens is 3. The highest BCUT2D eigenvalue weighted by atomic mass is 79.9. The van der Waals surface area contributed by atoms with Crippen LogP contribution in [0.15, 0.2) is 39.9 Å². The van der Waals surface area contributed by atoms with Crippen molar-refractivity contribution in [3.8, 4) is 0 Å². The van der Waals surface area contributed by atoms with Gasteiger partial charge in [-0.2, -0.15) is 4.98 Å². The quantitative estimate of drug-likeness (QED) is 0.709. The summed E-state index contributed by atoms with van der Waals surface area (Å²) in [6, 6.07) is 4.62. The van der Waals surface area contributed by atoms with Gasteiger partial charge in [-0.05, 0) is 46.5 Å². The average molecular weight is 375 g/mol. The van der Waals surface area contributed by atoms with Crippen LogP contribution in [0.25, 0.3) is 10.9 Å². The van der Waals surface area contributed by atoms with Gasteiger partial charge in [-0.25, -0.2) is 9.18 Å². The summed E-state index contributed by atoms with van der Waals surface area (Å²) in [4.78, 5) is 24.6. The van der Waals surface area contributed by atoms with Crippen molar-refractivity contribution in [3.05, 3.63) is 56.9 Å². The Bertz CT molecular complexity index is 972. The number of fused-ring (bicyclic) bond motifs is 2. The molecule has 1 aliphatic heterocycles. The van der Waals surface area contributed by atoms with Crippen LogP contribution < -0.4 is 10.6 Å². The number of H-pyrrole nitrogens is 1. The third kappa shape index (κ3) is 2.31. The highest BCUT2D eigenvalue weighted by Crippen LogP contribution is 2.37. The van der Waals surface area contributed by atoms with Gasteiger partial charge in [-0.3, -0.25) is 4.98 Å². The Kier molecular flexibility index (Phi) is 3.37. The van der Waals surface area contributed by atoms with Crippen LogP contribution in [0.4, 0.5) is 15.9 Å². The summed E-state index contributed by atoms with van der Waals surface area (Å²) >= 11 is 3.51. The summed E-state index contributed by atoms with van der Waals surface area (Å²) in [6.07, 6.45) is 5.26. The lowest BCUT2D eigenvalue weighted by Gasteiger charge is -2.31. The summed E-state index contributed by atoms with van der Waals surface area (Å²) in [5, 5.41) is 0.319. The predicted octanol–water partition coefficient (Wildman–Crippen LogP) is 3.30. The first kappa shape index (κ1) is 14.3. The molecule has 0 spiro atoms. The molecule has 4 rings (SSSR count). The maximum atomic E-state index is 14.4. The van der Waals surface area contributed by atoms with E-state index in [4.69, 9.17) is 0 Å². The van der Waals surface area contributed by atoms with Crippen molar-refractivity contribution in [3.63, 3.8) is 0 Å². The van der Waals surface area contributed by atoms with E-state index in [0.29, 0.717) is 23.3 Å². The minimum Gasteiger partial charge on any atom is -0.324 e. The van der Waals surface area contributed by atoms with Gasteiger partial charge in [0, 0.05) is 17.2 Å². The molecule has 0 saturated carbocycles. The number of hydrogen-bond acceptors (Lipinski definition) is 4. The van der Waals surface area contributed by atoms with E-state index in [1.165, 1.54) is 6.07 Å². The molecule has 116 valence electrons. The van der Waals surface area contributed by atoms with E-state index in [2.05, 4.69) is 30.9 Å². The Morgan fingerprint density at radius 1 is 1.30 bits per heavy atom. The largest absolute Gasteiger partial charge is 0.347 e. The number of pyridine rings is 1. The van der Waals surface area contributed by atoms with E-state index in [-0.39, 0.29) is 0 Å². The number of benzene rings is 1. The van der Waals surface area contributed by atoms with Gasteiger partial charge in [0.2, 0.25) is 0 Å². The third-order valence-corrected chi connectivity index (χ3v) is 4.71. The normalized spacial score (nSPS) is 14.1. The summed E-state index contributed by atoms with van der Waals surface area (Å²) in [7, 11) is 0. The molecule has 7 heteroatoms. The fourth-order valence-corrected chi connectivity index (χ4v) is 3.55. The van der Waals surface area contributed by atoms with Crippen LogP contribution in [0.2, 0.25) is 0 Å². The lowest BCUT2D eigenvalue weighted by Crippen LogP contribution is -2.28. The number of aromatic amines is 1. The molecule has 0 radical (unpaired) electrons. The molecule has 1 aromatic carbocycles. The van der Waals surface area contributed by atoms with Crippen LogP contribution in [-0.2, 0) is 6.42 Å². The molecule has 0 bridgehead atoms. The summed E-state index contributed by atoms with van der Waals surface area (Å²) in [5.41, 5.74) is 1.90. The monoisotopic (exact) mass is 374 g/mol. The SMILES string of the molecule is O=c1nc(N2CCCc3c(Br)cncc32)c2c(F)cccc2[nH]1. The van der Waals surface area contributed by atoms with Crippen molar-refractivity contribution < 1.29 is 4.39 Å². The molecule has 0 atom stereocenters. The fraction of sp³-hybridized carbons (Fsp3) is 0.188. The van der Waals surface area contributed by atoms with Crippen molar-refractivity contribution in [2.45, 2.75) is 12.8 Å². The third-order valence-electron chi connectivity index (χ3n) is 4.02. The molecular formula is C16H12BrFN4O. The average Bonchev–Trinajstić information content (AvgIpc) is 2.54. The summed E-state index contributed by atoms with van der Waals surface area (Å²) in [6.45, 7) is 0.658. The van der Waals surface area contributed by atoms with Gasteiger partial charge >= 0.3 is 5.69 Å². The van der Waals surface area contributed by atoms with Crippen LogP contribution in [0.3, 0.4) is 0 Å². The molecule has 1 aliphatic rings. The molecule has 0 saturated heterocycles. The Morgan fingerprint density at radius 2 is 2.17 bits per heavy atom. The Morgan fingerprint density at radius 3 is 3.04 bits per heavy atom. The first-order chi connectivity index (χ1) is 11.1. The van der Waals surface area contributed by atoms with Crippen LogP contribution in [0, 0.1) is 5.82 Å². The number of nitrogens with one attached hydrogen (secondary N) is 1. The van der Waals surface area contributed by atoms with E-state index < -0.39 is 11.5 Å². The van der Waals surface area contributed by atoms with E-state index in [0.717, 1.165) is 28.6 Å². The van der Waals surface area contributed by atoms with Gasteiger partial charge in [0.25, 0.3) is 0 Å². The lowest BCUT2D eigenvalue weighted by atomic mass is 10.0. The van der Waals surface area contributed by atoms with Crippen LogP contribution in [0.1, 0.15) is 12.0 Å². The molecule has 5 nitrogen and oxygen atoms in total. The smallest absolute Gasteiger partial charge is 0.324 e. The number of halogens is 2. The second-order valence-electron chi connectivity index (χ2n) is 5.40. The zero-order valence-corrected chi connectivity index (χ0v) is 13.6. The van der Waals surface area contributed by atoms with Crippen LogP contribution in [0.5, 0.6) is 0 Å². The van der Waals surface area contributed by atoms with Gasteiger partial charge in [0.1, 0.15) is 5.82 Å². The standard InChI is InChI=1S/C16H12BrFN4O/c17-10-7-19-8-13-9(10)3-2-6-22(13)15-14-11(18)4-1-5-12(14)20-16(23)21-15/h1,4-5,7-8H,2-3,6H2,(H,20,21,23). The molecule has 2 aromatic heterocycles. The van der Waals surface area contributed by atoms with E-state index >= 15 is 0 Å². The first-order valence-electron chi connectivity index (χ1n) is 7.23. The molecule has 0 fully saturated rings. The molecule has 0 unspecified atom stereocenters. The Hall–Kier alpha value is -2.28. The highest BCUT2D eigenvalue weighted by Gasteiger charge is 2.24. The topological polar surface area (TPSA) is 61.9 Å². The molecule has 0 aliphatic carbocycles. The Balaban J connectivity index is 2.02. The zero-order chi connectivity index (χ0) is 16.0. The molecule has 0 amide bonds. The Labute approximate surface area is 139 Å². The molecule has 1 N–H and O–H groups in total. The van der Waals surface area contributed by atoms with Gasteiger partial charge in [-0.15, -0.1) is 0 Å². The second-order valence-corrected chi connectivity index (χ2v) is 6.26. The zero-order valence-electron chi connectivity index (χ0n) is 12.0. The maximum absolute atomic E-state index is 14.4. The predicted molar refractivity (Wildman–Crippen MR) is 89.6 cm³/mol. The number of nitrogens with zero attached hydrogens (tertiary/aromatic N) is 3. The minimum atomic E-state index is -0.492. The van der Waals surface area contributed by atoms with E-state index in [1.54, 1.807) is 24.5 Å². The van der Waals surface area contributed by atoms with Crippen molar-refractivity contribution in [2.24, 2.45) is 0 Å². The van der Waals surface area contributed by atoms with Gasteiger partial charge in [0.05, 0.1) is 22.8 Å². The lowest BCUT2D eigenvalue weighted by molar-refractivity contribution is 0.638. The van der Waals surface area contributed by atoms with Crippen LogP contribution >= 0.6 is 15.9 Å². The van der Waals surface area contributed by atoms with Crippen molar-refractivity contribution in [1.82, 2.24) is 15.0 Å². The van der Waals surface area contributed by atoms with Crippen molar-refractivity contribution in [1.29, 1.82) is 0 Å². The van der Waals surface area contributed by atoms with Crippen molar-refractivity contribution >= 4 is 38.3 Å². The summed E-state index contributed by atoms with van der Waals surface area (Å²) in [5.74, 6) is -0.0703. The van der Waals surface area contributed by atoms with E-state index in [9.17, 15) is 9.18 Å². The second kappa shape index (κ2) is 5.42. The van der Waals surface area contributed by atoms with E-state index in [1.807, 2.05) is 4.90 Å². The fourth-order valence-electron chi connectivity index (χ4n) is 3.03. The van der Waals surface area contributed by atoms with Gasteiger partial charge in [0.15, 0.2) is 5.82 Å². The van der Waals surface area contributed by atoms with Crippen LogP contribution in [-0.4, -0.2) is 21.5 Å². The number of hydrogen-bond donors (Lipinski definition) is 1. The number of anilines is 2. The molecule has 3 aromatic rings. The summed E-state index contributed by atoms with van der Waals surface area (Å²) < 4.78 is 15.3. The van der Waals surface area contributed by atoms with Gasteiger partial charge in [-0.1, -0.05) is 6.07 Å². The minimum absolute atomic E-state index is 0.319. The molecule has 23 heavy (non-hydrogen) atoms. The van der Waals surface area contributed by atoms with Gasteiger partial charge < -0.3 is 9.88 Å². The van der Waals surface area contributed by atoms with Crippen molar-refractivity contribution in [2.75, 3.05) is 11.4 Å². The highest BCUT2D eigenvalue weighted by molar-refractivity contribution is 9.10. The number of rotatable bonds is 1. The molecule has 3 heterocycles. The molecular weight excluding hydrogens is 363 g/mol.